The molecule has 0 saturated carbocycles. The monoisotopic (exact) mass is 271 g/mol. The molecule has 0 aromatic heterocycles. The van der Waals surface area contributed by atoms with Crippen LogP contribution in [0.5, 0.6) is 11.5 Å². The summed E-state index contributed by atoms with van der Waals surface area (Å²) in [5, 5.41) is 0. The number of aryl methyl sites for hydroxylation is 1. The van der Waals surface area contributed by atoms with Crippen molar-refractivity contribution in [1.82, 2.24) is 0 Å². The molecule has 0 aliphatic rings. The average molecular weight is 271 g/mol. The molecule has 3 nitrogen and oxygen atoms in total. The van der Waals surface area contributed by atoms with Crippen molar-refractivity contribution in [1.29, 1.82) is 0 Å². The van der Waals surface area contributed by atoms with Crippen LogP contribution in [0.15, 0.2) is 36.4 Å². The van der Waals surface area contributed by atoms with E-state index in [1.54, 1.807) is 0 Å². The van der Waals surface area contributed by atoms with Gasteiger partial charge in [0.1, 0.15) is 0 Å². The predicted molar refractivity (Wildman–Crippen MR) is 83.4 cm³/mol. The van der Waals surface area contributed by atoms with Crippen LogP contribution < -0.4 is 15.2 Å². The van der Waals surface area contributed by atoms with E-state index in [-0.39, 0.29) is 0 Å². The zero-order valence-electron chi connectivity index (χ0n) is 12.3. The van der Waals surface area contributed by atoms with Gasteiger partial charge in [-0.15, -0.1) is 0 Å². The Kier molecular flexibility index (Phi) is 4.51. The molecule has 3 heteroatoms. The fourth-order valence-electron chi connectivity index (χ4n) is 2.21. The quantitative estimate of drug-likeness (QED) is 0.835. The van der Waals surface area contributed by atoms with Gasteiger partial charge in [0, 0.05) is 5.69 Å². The molecule has 2 aromatic carbocycles. The Morgan fingerprint density at radius 3 is 2.20 bits per heavy atom. The van der Waals surface area contributed by atoms with Gasteiger partial charge in [-0.25, -0.2) is 0 Å². The van der Waals surface area contributed by atoms with Gasteiger partial charge in [-0.1, -0.05) is 12.1 Å². The third kappa shape index (κ3) is 3.23. The highest BCUT2D eigenvalue weighted by Gasteiger charge is 2.08. The van der Waals surface area contributed by atoms with Crippen LogP contribution in [0.25, 0.3) is 11.1 Å². The first-order valence-electron chi connectivity index (χ1n) is 6.91. The van der Waals surface area contributed by atoms with Crippen molar-refractivity contribution in [2.24, 2.45) is 0 Å². The largest absolute Gasteiger partial charge is 0.490 e. The van der Waals surface area contributed by atoms with Crippen molar-refractivity contribution in [3.05, 3.63) is 42.0 Å². The molecule has 20 heavy (non-hydrogen) atoms. The topological polar surface area (TPSA) is 44.5 Å². The van der Waals surface area contributed by atoms with E-state index in [1.165, 1.54) is 0 Å². The van der Waals surface area contributed by atoms with Crippen molar-refractivity contribution < 1.29 is 9.47 Å². The Morgan fingerprint density at radius 2 is 1.55 bits per heavy atom. The maximum absolute atomic E-state index is 5.92. The van der Waals surface area contributed by atoms with Crippen molar-refractivity contribution in [3.8, 4) is 22.6 Å². The van der Waals surface area contributed by atoms with E-state index in [0.717, 1.165) is 33.9 Å². The van der Waals surface area contributed by atoms with Crippen LogP contribution in [0.3, 0.4) is 0 Å². The number of hydrogen-bond donors (Lipinski definition) is 1. The minimum absolute atomic E-state index is 0.611. The second-order valence-electron chi connectivity index (χ2n) is 4.66. The summed E-state index contributed by atoms with van der Waals surface area (Å²) in [6.07, 6.45) is 0. The third-order valence-corrected chi connectivity index (χ3v) is 2.98. The zero-order valence-corrected chi connectivity index (χ0v) is 12.3. The minimum Gasteiger partial charge on any atom is -0.490 e. The molecule has 0 heterocycles. The summed E-state index contributed by atoms with van der Waals surface area (Å²) in [7, 11) is 0. The molecule has 0 fully saturated rings. The lowest BCUT2D eigenvalue weighted by molar-refractivity contribution is 0.288. The summed E-state index contributed by atoms with van der Waals surface area (Å²) in [5.41, 5.74) is 10.00. The van der Waals surface area contributed by atoms with Gasteiger partial charge in [0.15, 0.2) is 11.5 Å². The molecule has 0 spiro atoms. The Labute approximate surface area is 120 Å². The molecule has 106 valence electrons. The highest BCUT2D eigenvalue weighted by Crippen LogP contribution is 2.33. The summed E-state index contributed by atoms with van der Waals surface area (Å²) in [6, 6.07) is 12.0. The summed E-state index contributed by atoms with van der Waals surface area (Å²) >= 11 is 0. The van der Waals surface area contributed by atoms with Crippen LogP contribution >= 0.6 is 0 Å². The molecule has 0 unspecified atom stereocenters. The van der Waals surface area contributed by atoms with E-state index in [2.05, 4.69) is 6.07 Å². The maximum Gasteiger partial charge on any atom is 0.161 e. The van der Waals surface area contributed by atoms with Gasteiger partial charge in [-0.3, -0.25) is 0 Å². The van der Waals surface area contributed by atoms with Crippen LogP contribution in [-0.4, -0.2) is 13.2 Å². The normalized spacial score (nSPS) is 10.3. The molecule has 0 aliphatic heterocycles. The highest BCUT2D eigenvalue weighted by molar-refractivity contribution is 5.71. The molecule has 0 saturated heterocycles. The van der Waals surface area contributed by atoms with Crippen LogP contribution in [0.1, 0.15) is 19.4 Å². The summed E-state index contributed by atoms with van der Waals surface area (Å²) in [6.45, 7) is 7.20. The van der Waals surface area contributed by atoms with Crippen LogP contribution in [-0.2, 0) is 0 Å². The van der Waals surface area contributed by atoms with E-state index >= 15 is 0 Å². The summed E-state index contributed by atoms with van der Waals surface area (Å²) in [5.74, 6) is 1.55. The van der Waals surface area contributed by atoms with Crippen LogP contribution in [0.2, 0.25) is 0 Å². The number of ether oxygens (including phenoxy) is 2. The summed E-state index contributed by atoms with van der Waals surface area (Å²) < 4.78 is 11.2. The molecule has 2 aromatic rings. The first-order chi connectivity index (χ1) is 9.63. The number of anilines is 1. The summed E-state index contributed by atoms with van der Waals surface area (Å²) in [4.78, 5) is 0. The lowest BCUT2D eigenvalue weighted by Gasteiger charge is -2.13. The van der Waals surface area contributed by atoms with Gasteiger partial charge in [0.25, 0.3) is 0 Å². The van der Waals surface area contributed by atoms with E-state index in [1.807, 2.05) is 51.1 Å². The fourth-order valence-corrected chi connectivity index (χ4v) is 2.21. The van der Waals surface area contributed by atoms with Gasteiger partial charge in [-0.05, 0) is 61.7 Å². The van der Waals surface area contributed by atoms with Crippen molar-refractivity contribution in [2.45, 2.75) is 20.8 Å². The molecule has 0 atom stereocenters. The fraction of sp³-hybridized carbons (Fsp3) is 0.294. The molecule has 0 bridgehead atoms. The number of benzene rings is 2. The second kappa shape index (κ2) is 6.33. The smallest absolute Gasteiger partial charge is 0.161 e. The molecule has 0 radical (unpaired) electrons. The second-order valence-corrected chi connectivity index (χ2v) is 4.66. The number of hydrogen-bond acceptors (Lipinski definition) is 3. The predicted octanol–water partition coefficient (Wildman–Crippen LogP) is 4.04. The Balaban J connectivity index is 2.43. The number of nitrogen functional groups attached to an aromatic ring is 1. The molecule has 2 N–H and O–H groups in total. The van der Waals surface area contributed by atoms with Gasteiger partial charge >= 0.3 is 0 Å². The van der Waals surface area contributed by atoms with Crippen LogP contribution in [0.4, 0.5) is 5.69 Å². The molecular weight excluding hydrogens is 250 g/mol. The molecule has 0 amide bonds. The van der Waals surface area contributed by atoms with Crippen molar-refractivity contribution in [3.63, 3.8) is 0 Å². The van der Waals surface area contributed by atoms with Crippen molar-refractivity contribution >= 4 is 5.69 Å². The Hall–Kier alpha value is -2.16. The number of nitrogens with two attached hydrogens (primary N) is 1. The zero-order chi connectivity index (χ0) is 14.5. The standard InChI is InChI=1S/C17H21NO2/c1-4-19-16-7-6-13(11-17(16)20-5-2)14-8-12(3)9-15(18)10-14/h6-11H,4-5,18H2,1-3H3. The minimum atomic E-state index is 0.611. The first kappa shape index (κ1) is 14.3. The average Bonchev–Trinajstić information content (AvgIpc) is 2.40. The molecule has 0 aliphatic carbocycles. The van der Waals surface area contributed by atoms with Crippen molar-refractivity contribution in [2.75, 3.05) is 18.9 Å². The molecular formula is C17H21NO2. The lowest BCUT2D eigenvalue weighted by Crippen LogP contribution is -1.98. The van der Waals surface area contributed by atoms with E-state index in [9.17, 15) is 0 Å². The van der Waals surface area contributed by atoms with Gasteiger partial charge in [-0.2, -0.15) is 0 Å². The Morgan fingerprint density at radius 1 is 0.850 bits per heavy atom. The Bertz CT molecular complexity index is 573. The van der Waals surface area contributed by atoms with Gasteiger partial charge in [0.2, 0.25) is 0 Å². The third-order valence-electron chi connectivity index (χ3n) is 2.98. The van der Waals surface area contributed by atoms with E-state index in [4.69, 9.17) is 15.2 Å². The van der Waals surface area contributed by atoms with Gasteiger partial charge in [0.05, 0.1) is 13.2 Å². The van der Waals surface area contributed by atoms with E-state index < -0.39 is 0 Å². The molecule has 2 rings (SSSR count). The van der Waals surface area contributed by atoms with Crippen LogP contribution in [0, 0.1) is 6.92 Å². The highest BCUT2D eigenvalue weighted by atomic mass is 16.5. The van der Waals surface area contributed by atoms with Gasteiger partial charge < -0.3 is 15.2 Å². The van der Waals surface area contributed by atoms with E-state index in [0.29, 0.717) is 13.2 Å². The SMILES string of the molecule is CCOc1ccc(-c2cc(C)cc(N)c2)cc1OCC. The maximum atomic E-state index is 5.92. The first-order valence-corrected chi connectivity index (χ1v) is 6.91. The number of rotatable bonds is 5. The lowest BCUT2D eigenvalue weighted by atomic mass is 10.0.